The Morgan fingerprint density at radius 3 is 2.58 bits per heavy atom. The molecule has 0 radical (unpaired) electrons. The zero-order valence-electron chi connectivity index (χ0n) is 12.1. The van der Waals surface area contributed by atoms with Crippen molar-refractivity contribution in [1.82, 2.24) is 9.88 Å². The maximum atomic E-state index is 5.43. The minimum Gasteiger partial charge on any atom is -0.493 e. The topological polar surface area (TPSA) is 34.6 Å². The van der Waals surface area contributed by atoms with E-state index in [0.29, 0.717) is 6.04 Å². The zero-order chi connectivity index (χ0) is 14.3. The SMILES string of the molecule is COc1ccnc(CN(CCCBr)C(C)C)c1OC. The van der Waals surface area contributed by atoms with Crippen LogP contribution < -0.4 is 9.47 Å². The molecule has 1 heterocycles. The number of ether oxygens (including phenoxy) is 2. The Labute approximate surface area is 124 Å². The molecule has 1 aromatic rings. The number of hydrogen-bond acceptors (Lipinski definition) is 4. The molecule has 0 saturated heterocycles. The summed E-state index contributed by atoms with van der Waals surface area (Å²) in [6, 6.07) is 2.29. The van der Waals surface area contributed by atoms with E-state index in [1.54, 1.807) is 20.4 Å². The predicted molar refractivity (Wildman–Crippen MR) is 81.3 cm³/mol. The molecule has 108 valence electrons. The predicted octanol–water partition coefficient (Wildman–Crippen LogP) is 3.09. The van der Waals surface area contributed by atoms with Crippen molar-refractivity contribution in [2.24, 2.45) is 0 Å². The van der Waals surface area contributed by atoms with Gasteiger partial charge in [0.1, 0.15) is 5.69 Å². The second kappa shape index (κ2) is 8.38. The Morgan fingerprint density at radius 2 is 2.05 bits per heavy atom. The third kappa shape index (κ3) is 4.66. The molecule has 0 aliphatic rings. The fourth-order valence-electron chi connectivity index (χ4n) is 1.94. The van der Waals surface area contributed by atoms with Crippen LogP contribution in [0.5, 0.6) is 11.5 Å². The second-order valence-electron chi connectivity index (χ2n) is 4.60. The van der Waals surface area contributed by atoms with E-state index in [0.717, 1.165) is 42.0 Å². The van der Waals surface area contributed by atoms with Gasteiger partial charge < -0.3 is 9.47 Å². The summed E-state index contributed by atoms with van der Waals surface area (Å²) in [5.41, 5.74) is 0.921. The third-order valence-electron chi connectivity index (χ3n) is 3.03. The van der Waals surface area contributed by atoms with Gasteiger partial charge in [-0.2, -0.15) is 0 Å². The Bertz CT molecular complexity index is 386. The molecule has 4 nitrogen and oxygen atoms in total. The average Bonchev–Trinajstić information content (AvgIpc) is 2.42. The first kappa shape index (κ1) is 16.2. The molecule has 0 N–H and O–H groups in total. The van der Waals surface area contributed by atoms with E-state index < -0.39 is 0 Å². The Morgan fingerprint density at radius 1 is 1.32 bits per heavy atom. The highest BCUT2D eigenvalue weighted by molar-refractivity contribution is 9.09. The third-order valence-corrected chi connectivity index (χ3v) is 3.59. The maximum absolute atomic E-state index is 5.43. The Balaban J connectivity index is 2.89. The number of nitrogens with zero attached hydrogens (tertiary/aromatic N) is 2. The lowest BCUT2D eigenvalue weighted by atomic mass is 10.2. The maximum Gasteiger partial charge on any atom is 0.183 e. The Hall–Kier alpha value is -0.810. The summed E-state index contributed by atoms with van der Waals surface area (Å²) >= 11 is 3.48. The van der Waals surface area contributed by atoms with Crippen LogP contribution in [-0.2, 0) is 6.54 Å². The van der Waals surface area contributed by atoms with E-state index >= 15 is 0 Å². The Kier molecular flexibility index (Phi) is 7.16. The van der Waals surface area contributed by atoms with E-state index in [4.69, 9.17) is 9.47 Å². The average molecular weight is 331 g/mol. The molecule has 0 aliphatic carbocycles. The van der Waals surface area contributed by atoms with Crippen molar-refractivity contribution in [2.45, 2.75) is 32.9 Å². The van der Waals surface area contributed by atoms with Crippen molar-refractivity contribution in [3.05, 3.63) is 18.0 Å². The minimum atomic E-state index is 0.469. The highest BCUT2D eigenvalue weighted by atomic mass is 79.9. The van der Waals surface area contributed by atoms with Gasteiger partial charge in [-0.05, 0) is 26.8 Å². The summed E-state index contributed by atoms with van der Waals surface area (Å²) in [6.07, 6.45) is 2.88. The molecular weight excluding hydrogens is 308 g/mol. The summed E-state index contributed by atoms with van der Waals surface area (Å²) in [7, 11) is 3.30. The second-order valence-corrected chi connectivity index (χ2v) is 5.39. The van der Waals surface area contributed by atoms with Gasteiger partial charge in [0.2, 0.25) is 0 Å². The molecule has 0 aliphatic heterocycles. The molecule has 0 aromatic carbocycles. The van der Waals surface area contributed by atoms with Gasteiger partial charge in [-0.25, -0.2) is 0 Å². The van der Waals surface area contributed by atoms with Gasteiger partial charge in [0.25, 0.3) is 0 Å². The molecule has 0 saturated carbocycles. The number of hydrogen-bond donors (Lipinski definition) is 0. The van der Waals surface area contributed by atoms with E-state index in [-0.39, 0.29) is 0 Å². The van der Waals surface area contributed by atoms with Gasteiger partial charge in [0, 0.05) is 30.2 Å². The van der Waals surface area contributed by atoms with E-state index in [1.165, 1.54) is 0 Å². The number of pyridine rings is 1. The van der Waals surface area contributed by atoms with Gasteiger partial charge in [0.05, 0.1) is 14.2 Å². The number of alkyl halides is 1. The van der Waals surface area contributed by atoms with Crippen molar-refractivity contribution >= 4 is 15.9 Å². The quantitative estimate of drug-likeness (QED) is 0.686. The summed E-state index contributed by atoms with van der Waals surface area (Å²) in [6.45, 7) is 6.19. The molecule has 0 atom stereocenters. The minimum absolute atomic E-state index is 0.469. The lowest BCUT2D eigenvalue weighted by Gasteiger charge is -2.26. The van der Waals surface area contributed by atoms with Gasteiger partial charge >= 0.3 is 0 Å². The molecule has 5 heteroatoms. The van der Waals surface area contributed by atoms with Crippen LogP contribution in [0.15, 0.2) is 12.3 Å². The van der Waals surface area contributed by atoms with E-state index in [9.17, 15) is 0 Å². The summed E-state index contributed by atoms with van der Waals surface area (Å²) < 4.78 is 10.7. The van der Waals surface area contributed by atoms with E-state index in [2.05, 4.69) is 39.7 Å². The lowest BCUT2D eigenvalue weighted by molar-refractivity contribution is 0.207. The van der Waals surface area contributed by atoms with Crippen LogP contribution in [0.2, 0.25) is 0 Å². The van der Waals surface area contributed by atoms with Crippen LogP contribution >= 0.6 is 15.9 Å². The molecule has 19 heavy (non-hydrogen) atoms. The van der Waals surface area contributed by atoms with Crippen molar-refractivity contribution < 1.29 is 9.47 Å². The van der Waals surface area contributed by atoms with Gasteiger partial charge in [-0.3, -0.25) is 9.88 Å². The molecule has 0 fully saturated rings. The van der Waals surface area contributed by atoms with Crippen LogP contribution in [0.1, 0.15) is 26.0 Å². The fourth-order valence-corrected chi connectivity index (χ4v) is 2.19. The number of methoxy groups -OCH3 is 2. The van der Waals surface area contributed by atoms with Crippen LogP contribution in [0.4, 0.5) is 0 Å². The number of aromatic nitrogens is 1. The monoisotopic (exact) mass is 330 g/mol. The molecule has 0 spiro atoms. The first-order chi connectivity index (χ1) is 9.13. The van der Waals surface area contributed by atoms with Crippen LogP contribution in [0, 0.1) is 0 Å². The number of rotatable bonds is 8. The molecule has 1 aromatic heterocycles. The molecule has 0 amide bonds. The fraction of sp³-hybridized carbons (Fsp3) is 0.643. The first-order valence-corrected chi connectivity index (χ1v) is 7.62. The normalized spacial score (nSPS) is 11.1. The standard InChI is InChI=1S/C14H23BrN2O2/c1-11(2)17(9-5-7-15)10-12-14(19-4)13(18-3)6-8-16-12/h6,8,11H,5,7,9-10H2,1-4H3. The van der Waals surface area contributed by atoms with Crippen molar-refractivity contribution in [3.8, 4) is 11.5 Å². The highest BCUT2D eigenvalue weighted by Crippen LogP contribution is 2.30. The highest BCUT2D eigenvalue weighted by Gasteiger charge is 2.16. The van der Waals surface area contributed by atoms with E-state index in [1.807, 2.05) is 6.07 Å². The molecule has 1 rings (SSSR count). The summed E-state index contributed by atoms with van der Waals surface area (Å²) in [5, 5.41) is 1.01. The van der Waals surface area contributed by atoms with Crippen LogP contribution in [0.3, 0.4) is 0 Å². The smallest absolute Gasteiger partial charge is 0.183 e. The van der Waals surface area contributed by atoms with Gasteiger partial charge in [-0.15, -0.1) is 0 Å². The largest absolute Gasteiger partial charge is 0.493 e. The van der Waals surface area contributed by atoms with Crippen molar-refractivity contribution in [2.75, 3.05) is 26.1 Å². The lowest BCUT2D eigenvalue weighted by Crippen LogP contribution is -2.32. The van der Waals surface area contributed by atoms with Crippen LogP contribution in [0.25, 0.3) is 0 Å². The number of halogens is 1. The van der Waals surface area contributed by atoms with Gasteiger partial charge in [0.15, 0.2) is 11.5 Å². The van der Waals surface area contributed by atoms with Crippen molar-refractivity contribution in [3.63, 3.8) is 0 Å². The zero-order valence-corrected chi connectivity index (χ0v) is 13.7. The molecular formula is C14H23BrN2O2. The molecule has 0 unspecified atom stereocenters. The molecule has 0 bridgehead atoms. The van der Waals surface area contributed by atoms with Crippen LogP contribution in [-0.4, -0.2) is 42.0 Å². The van der Waals surface area contributed by atoms with Gasteiger partial charge in [-0.1, -0.05) is 15.9 Å². The first-order valence-electron chi connectivity index (χ1n) is 6.49. The summed E-state index contributed by atoms with van der Waals surface area (Å²) in [5.74, 6) is 1.46. The summed E-state index contributed by atoms with van der Waals surface area (Å²) in [4.78, 5) is 6.81. The van der Waals surface area contributed by atoms with Crippen molar-refractivity contribution in [1.29, 1.82) is 0 Å².